The molecule has 4 heteroatoms. The smallest absolute Gasteiger partial charge is 0.102 e. The van der Waals surface area contributed by atoms with Crippen molar-refractivity contribution in [3.8, 4) is 0 Å². The average molecular weight is 216 g/mol. The number of hydrogen-bond acceptors (Lipinski definition) is 3. The van der Waals surface area contributed by atoms with Gasteiger partial charge in [-0.3, -0.25) is 0 Å². The van der Waals surface area contributed by atoms with Crippen molar-refractivity contribution in [1.29, 1.82) is 0 Å². The molecule has 1 heterocycles. The Morgan fingerprint density at radius 3 is 2.50 bits per heavy atom. The van der Waals surface area contributed by atoms with E-state index < -0.39 is 5.54 Å². The number of hydrogen-bond donors (Lipinski definition) is 1. The third-order valence-corrected chi connectivity index (χ3v) is 2.39. The van der Waals surface area contributed by atoms with Gasteiger partial charge in [-0.05, 0) is 19.4 Å². The third-order valence-electron chi connectivity index (χ3n) is 2.39. The van der Waals surface area contributed by atoms with E-state index in [4.69, 9.17) is 5.73 Å². The molecule has 2 aromatic rings. The molecular formula is C12H16N4. The minimum Gasteiger partial charge on any atom is -0.320 e. The fourth-order valence-electron chi connectivity index (χ4n) is 1.44. The largest absolute Gasteiger partial charge is 0.320 e. The first-order valence-corrected chi connectivity index (χ1v) is 5.29. The van der Waals surface area contributed by atoms with Crippen molar-refractivity contribution in [2.75, 3.05) is 0 Å². The standard InChI is InChI=1S/C12H16N4/c1-12(2,13)11-9-16(15-14-11)8-10-6-4-3-5-7-10/h3-7,9H,8,13H2,1-2H3. The van der Waals surface area contributed by atoms with Gasteiger partial charge in [0.1, 0.15) is 5.69 Å². The van der Waals surface area contributed by atoms with E-state index in [-0.39, 0.29) is 0 Å². The van der Waals surface area contributed by atoms with E-state index in [9.17, 15) is 0 Å². The molecule has 1 aromatic carbocycles. The minimum atomic E-state index is -0.436. The van der Waals surface area contributed by atoms with E-state index in [1.54, 1.807) is 4.68 Å². The second-order valence-electron chi connectivity index (χ2n) is 4.51. The highest BCUT2D eigenvalue weighted by Gasteiger charge is 2.18. The van der Waals surface area contributed by atoms with Crippen molar-refractivity contribution in [3.63, 3.8) is 0 Å². The summed E-state index contributed by atoms with van der Waals surface area (Å²) in [5.41, 5.74) is 7.52. The quantitative estimate of drug-likeness (QED) is 0.846. The van der Waals surface area contributed by atoms with E-state index in [0.717, 1.165) is 12.2 Å². The molecule has 0 radical (unpaired) electrons. The maximum atomic E-state index is 5.95. The van der Waals surface area contributed by atoms with Gasteiger partial charge in [0.15, 0.2) is 0 Å². The molecule has 0 bridgehead atoms. The summed E-state index contributed by atoms with van der Waals surface area (Å²) in [5.74, 6) is 0. The van der Waals surface area contributed by atoms with Gasteiger partial charge in [-0.1, -0.05) is 35.5 Å². The van der Waals surface area contributed by atoms with Crippen molar-refractivity contribution in [3.05, 3.63) is 47.8 Å². The van der Waals surface area contributed by atoms with Crippen LogP contribution in [0, 0.1) is 0 Å². The lowest BCUT2D eigenvalue weighted by atomic mass is 10.0. The molecule has 0 atom stereocenters. The fourth-order valence-corrected chi connectivity index (χ4v) is 1.44. The Balaban J connectivity index is 2.15. The molecule has 2 rings (SSSR count). The topological polar surface area (TPSA) is 56.7 Å². The van der Waals surface area contributed by atoms with Crippen LogP contribution in [0.5, 0.6) is 0 Å². The van der Waals surface area contributed by atoms with Crippen LogP contribution in [0.3, 0.4) is 0 Å². The van der Waals surface area contributed by atoms with Gasteiger partial charge in [0.2, 0.25) is 0 Å². The summed E-state index contributed by atoms with van der Waals surface area (Å²) < 4.78 is 1.80. The Hall–Kier alpha value is -1.68. The van der Waals surface area contributed by atoms with Crippen LogP contribution in [-0.4, -0.2) is 15.0 Å². The molecule has 0 fully saturated rings. The van der Waals surface area contributed by atoms with Crippen molar-refractivity contribution < 1.29 is 0 Å². The van der Waals surface area contributed by atoms with Gasteiger partial charge in [0.25, 0.3) is 0 Å². The zero-order valence-corrected chi connectivity index (χ0v) is 9.59. The van der Waals surface area contributed by atoms with E-state index in [0.29, 0.717) is 0 Å². The second kappa shape index (κ2) is 4.06. The molecule has 4 nitrogen and oxygen atoms in total. The van der Waals surface area contributed by atoms with Gasteiger partial charge >= 0.3 is 0 Å². The van der Waals surface area contributed by atoms with Crippen LogP contribution in [0.25, 0.3) is 0 Å². The van der Waals surface area contributed by atoms with Gasteiger partial charge < -0.3 is 5.73 Å². The number of aromatic nitrogens is 3. The predicted octanol–water partition coefficient (Wildman–Crippen LogP) is 1.52. The van der Waals surface area contributed by atoms with Crippen molar-refractivity contribution >= 4 is 0 Å². The molecule has 0 saturated heterocycles. The highest BCUT2D eigenvalue weighted by Crippen LogP contribution is 2.13. The van der Waals surface area contributed by atoms with Crippen molar-refractivity contribution in [1.82, 2.24) is 15.0 Å². The molecule has 1 aromatic heterocycles. The SMILES string of the molecule is CC(C)(N)c1cn(Cc2ccccc2)nn1. The lowest BCUT2D eigenvalue weighted by Gasteiger charge is -2.13. The summed E-state index contributed by atoms with van der Waals surface area (Å²) in [6.07, 6.45) is 1.90. The van der Waals surface area contributed by atoms with Crippen LogP contribution in [0.15, 0.2) is 36.5 Å². The summed E-state index contributed by atoms with van der Waals surface area (Å²) in [6.45, 7) is 4.57. The highest BCUT2D eigenvalue weighted by atomic mass is 15.4. The molecule has 0 saturated carbocycles. The zero-order chi connectivity index (χ0) is 11.6. The van der Waals surface area contributed by atoms with E-state index in [1.165, 1.54) is 5.56 Å². The number of nitrogens with two attached hydrogens (primary N) is 1. The average Bonchev–Trinajstić information content (AvgIpc) is 2.67. The number of nitrogens with zero attached hydrogens (tertiary/aromatic N) is 3. The monoisotopic (exact) mass is 216 g/mol. The molecule has 0 unspecified atom stereocenters. The van der Waals surface area contributed by atoms with Crippen LogP contribution >= 0.6 is 0 Å². The normalized spacial score (nSPS) is 11.7. The van der Waals surface area contributed by atoms with Gasteiger partial charge in [-0.2, -0.15) is 0 Å². The predicted molar refractivity (Wildman–Crippen MR) is 62.8 cm³/mol. The molecule has 16 heavy (non-hydrogen) atoms. The maximum absolute atomic E-state index is 5.95. The van der Waals surface area contributed by atoms with E-state index >= 15 is 0 Å². The Kier molecular flexibility index (Phi) is 2.75. The first-order valence-electron chi connectivity index (χ1n) is 5.29. The van der Waals surface area contributed by atoms with Gasteiger partial charge in [0.05, 0.1) is 18.3 Å². The maximum Gasteiger partial charge on any atom is 0.102 e. The van der Waals surface area contributed by atoms with Crippen LogP contribution in [0.1, 0.15) is 25.1 Å². The molecule has 0 aliphatic heterocycles. The molecule has 0 spiro atoms. The Labute approximate surface area is 95.1 Å². The Bertz CT molecular complexity index is 453. The van der Waals surface area contributed by atoms with Gasteiger partial charge in [0, 0.05) is 0 Å². The minimum absolute atomic E-state index is 0.436. The first kappa shape index (κ1) is 10.8. The highest BCUT2D eigenvalue weighted by molar-refractivity contribution is 5.15. The van der Waals surface area contributed by atoms with E-state index in [1.807, 2.05) is 38.2 Å². The molecule has 2 N–H and O–H groups in total. The zero-order valence-electron chi connectivity index (χ0n) is 9.59. The lowest BCUT2D eigenvalue weighted by molar-refractivity contribution is 0.533. The molecule has 84 valence electrons. The summed E-state index contributed by atoms with van der Waals surface area (Å²) in [4.78, 5) is 0. The van der Waals surface area contributed by atoms with Crippen LogP contribution in [-0.2, 0) is 12.1 Å². The summed E-state index contributed by atoms with van der Waals surface area (Å²) in [5, 5.41) is 8.14. The molecule has 0 aliphatic carbocycles. The molecule has 0 amide bonds. The summed E-state index contributed by atoms with van der Waals surface area (Å²) >= 11 is 0. The van der Waals surface area contributed by atoms with Crippen molar-refractivity contribution in [2.24, 2.45) is 5.73 Å². The van der Waals surface area contributed by atoms with Crippen LogP contribution in [0.4, 0.5) is 0 Å². The van der Waals surface area contributed by atoms with Crippen LogP contribution in [0.2, 0.25) is 0 Å². The molecular weight excluding hydrogens is 200 g/mol. The summed E-state index contributed by atoms with van der Waals surface area (Å²) in [6, 6.07) is 10.2. The van der Waals surface area contributed by atoms with Crippen LogP contribution < -0.4 is 5.73 Å². The first-order chi connectivity index (χ1) is 7.55. The summed E-state index contributed by atoms with van der Waals surface area (Å²) in [7, 11) is 0. The number of rotatable bonds is 3. The fraction of sp³-hybridized carbons (Fsp3) is 0.333. The Morgan fingerprint density at radius 1 is 1.25 bits per heavy atom. The van der Waals surface area contributed by atoms with E-state index in [2.05, 4.69) is 22.4 Å². The van der Waals surface area contributed by atoms with Gasteiger partial charge in [-0.15, -0.1) is 5.10 Å². The Morgan fingerprint density at radius 2 is 1.94 bits per heavy atom. The lowest BCUT2D eigenvalue weighted by Crippen LogP contribution is -2.29. The van der Waals surface area contributed by atoms with Crippen molar-refractivity contribution in [2.45, 2.75) is 25.9 Å². The molecule has 0 aliphatic rings. The van der Waals surface area contributed by atoms with Gasteiger partial charge in [-0.25, -0.2) is 4.68 Å². The number of benzene rings is 1. The third kappa shape index (κ3) is 2.46. The second-order valence-corrected chi connectivity index (χ2v) is 4.51.